The van der Waals surface area contributed by atoms with E-state index in [0.717, 1.165) is 13.0 Å². The summed E-state index contributed by atoms with van der Waals surface area (Å²) >= 11 is 0. The molecule has 1 aliphatic rings. The Balaban J connectivity index is 2.56. The fourth-order valence-corrected chi connectivity index (χ4v) is 2.18. The van der Waals surface area contributed by atoms with Crippen LogP contribution in [0.25, 0.3) is 0 Å². The van der Waals surface area contributed by atoms with Gasteiger partial charge < -0.3 is 10.6 Å². The zero-order valence-corrected chi connectivity index (χ0v) is 12.3. The first kappa shape index (κ1) is 16.4. The standard InChI is InChI=1S/C14H24N4O2/c1-12(15)5-3-7-18-9-4-8-17(10-6-14(18)19)13(2)11-16-20/h3,5,7,13H,4,6,8-11,15H2,1-2H3/b7-3+,12-5-. The van der Waals surface area contributed by atoms with Crippen molar-refractivity contribution in [1.82, 2.24) is 9.80 Å². The van der Waals surface area contributed by atoms with E-state index in [1.807, 2.05) is 6.92 Å². The van der Waals surface area contributed by atoms with Crippen LogP contribution in [0.3, 0.4) is 0 Å². The SMILES string of the molecule is C/C(N)=C/C=C/N1CCCN(C(C)CN=O)CCC1=O. The highest BCUT2D eigenvalue weighted by Crippen LogP contribution is 2.10. The maximum atomic E-state index is 12.1. The molecule has 6 nitrogen and oxygen atoms in total. The van der Waals surface area contributed by atoms with Gasteiger partial charge in [0.2, 0.25) is 5.91 Å². The Morgan fingerprint density at radius 2 is 2.20 bits per heavy atom. The van der Waals surface area contributed by atoms with Crippen LogP contribution in [0.15, 0.2) is 29.2 Å². The molecular formula is C14H24N4O2. The zero-order chi connectivity index (χ0) is 15.0. The largest absolute Gasteiger partial charge is 0.402 e. The average molecular weight is 280 g/mol. The lowest BCUT2D eigenvalue weighted by Gasteiger charge is -2.31. The molecule has 0 spiro atoms. The Hall–Kier alpha value is -1.69. The van der Waals surface area contributed by atoms with E-state index in [0.29, 0.717) is 25.2 Å². The minimum atomic E-state index is 0.0975. The van der Waals surface area contributed by atoms with Crippen LogP contribution >= 0.6 is 0 Å². The maximum absolute atomic E-state index is 12.1. The van der Waals surface area contributed by atoms with Gasteiger partial charge in [0, 0.05) is 44.0 Å². The number of amides is 1. The van der Waals surface area contributed by atoms with Crippen molar-refractivity contribution < 1.29 is 4.79 Å². The number of hydrogen-bond donors (Lipinski definition) is 1. The van der Waals surface area contributed by atoms with Crippen molar-refractivity contribution in [3.05, 3.63) is 29.0 Å². The second-order valence-electron chi connectivity index (χ2n) is 5.14. The summed E-state index contributed by atoms with van der Waals surface area (Å²) in [6.45, 7) is 6.29. The maximum Gasteiger partial charge on any atom is 0.227 e. The molecule has 0 aromatic carbocycles. The smallest absolute Gasteiger partial charge is 0.227 e. The lowest BCUT2D eigenvalue weighted by Crippen LogP contribution is -2.42. The van der Waals surface area contributed by atoms with Gasteiger partial charge in [-0.2, -0.15) is 4.91 Å². The van der Waals surface area contributed by atoms with E-state index in [9.17, 15) is 9.70 Å². The van der Waals surface area contributed by atoms with Crippen molar-refractivity contribution in [2.45, 2.75) is 32.7 Å². The Kier molecular flexibility index (Phi) is 6.93. The van der Waals surface area contributed by atoms with Gasteiger partial charge >= 0.3 is 0 Å². The molecule has 0 radical (unpaired) electrons. The Morgan fingerprint density at radius 3 is 2.85 bits per heavy atom. The quantitative estimate of drug-likeness (QED) is 0.610. The molecule has 1 fully saturated rings. The zero-order valence-electron chi connectivity index (χ0n) is 12.3. The van der Waals surface area contributed by atoms with E-state index in [4.69, 9.17) is 5.73 Å². The molecule has 1 unspecified atom stereocenters. The van der Waals surface area contributed by atoms with Gasteiger partial charge in [0.05, 0.1) is 6.54 Å². The molecule has 1 amide bonds. The van der Waals surface area contributed by atoms with Gasteiger partial charge in [0.15, 0.2) is 0 Å². The van der Waals surface area contributed by atoms with E-state index >= 15 is 0 Å². The summed E-state index contributed by atoms with van der Waals surface area (Å²) < 4.78 is 0. The second kappa shape index (κ2) is 8.47. The second-order valence-corrected chi connectivity index (χ2v) is 5.14. The van der Waals surface area contributed by atoms with E-state index in [1.54, 1.807) is 30.2 Å². The molecule has 1 atom stereocenters. The molecular weight excluding hydrogens is 256 g/mol. The summed E-state index contributed by atoms with van der Waals surface area (Å²) in [6.07, 6.45) is 6.69. The van der Waals surface area contributed by atoms with Crippen molar-refractivity contribution >= 4 is 5.91 Å². The van der Waals surface area contributed by atoms with E-state index < -0.39 is 0 Å². The number of nitroso groups, excluding NO2 is 1. The fraction of sp³-hybridized carbons (Fsp3) is 0.643. The molecule has 1 heterocycles. The number of carbonyl (C=O) groups is 1. The molecule has 112 valence electrons. The van der Waals surface area contributed by atoms with Crippen LogP contribution in [0, 0.1) is 4.91 Å². The van der Waals surface area contributed by atoms with Crippen LogP contribution in [0.4, 0.5) is 0 Å². The summed E-state index contributed by atoms with van der Waals surface area (Å²) in [4.78, 5) is 26.3. The van der Waals surface area contributed by atoms with Gasteiger partial charge in [-0.3, -0.25) is 9.69 Å². The predicted octanol–water partition coefficient (Wildman–Crippen LogP) is 1.44. The highest BCUT2D eigenvalue weighted by atomic mass is 16.3. The van der Waals surface area contributed by atoms with Crippen LogP contribution in [-0.4, -0.2) is 47.9 Å². The first-order chi connectivity index (χ1) is 9.54. The highest BCUT2D eigenvalue weighted by molar-refractivity contribution is 5.77. The molecule has 0 aliphatic carbocycles. The number of allylic oxidation sites excluding steroid dienone is 3. The number of carbonyl (C=O) groups excluding carboxylic acids is 1. The van der Waals surface area contributed by atoms with E-state index in [1.165, 1.54) is 0 Å². The Bertz CT molecular complexity index is 389. The van der Waals surface area contributed by atoms with E-state index in [-0.39, 0.29) is 18.5 Å². The van der Waals surface area contributed by atoms with Gasteiger partial charge in [0.1, 0.15) is 0 Å². The van der Waals surface area contributed by atoms with Crippen molar-refractivity contribution in [2.75, 3.05) is 26.2 Å². The van der Waals surface area contributed by atoms with E-state index in [2.05, 4.69) is 10.1 Å². The van der Waals surface area contributed by atoms with Crippen molar-refractivity contribution in [3.8, 4) is 0 Å². The van der Waals surface area contributed by atoms with Crippen molar-refractivity contribution in [1.29, 1.82) is 0 Å². The van der Waals surface area contributed by atoms with Crippen LogP contribution in [0.1, 0.15) is 26.7 Å². The molecule has 0 aromatic rings. The minimum Gasteiger partial charge on any atom is -0.402 e. The predicted molar refractivity (Wildman–Crippen MR) is 79.7 cm³/mol. The van der Waals surface area contributed by atoms with Crippen LogP contribution < -0.4 is 5.73 Å². The van der Waals surface area contributed by atoms with Crippen LogP contribution in [-0.2, 0) is 4.79 Å². The van der Waals surface area contributed by atoms with Gasteiger partial charge in [-0.25, -0.2) is 0 Å². The minimum absolute atomic E-state index is 0.0975. The number of hydrogen-bond acceptors (Lipinski definition) is 5. The molecule has 0 saturated carbocycles. The number of nitrogens with two attached hydrogens (primary N) is 1. The molecule has 20 heavy (non-hydrogen) atoms. The topological polar surface area (TPSA) is 79.0 Å². The van der Waals surface area contributed by atoms with Crippen LogP contribution in [0.2, 0.25) is 0 Å². The number of rotatable bonds is 5. The normalized spacial score (nSPS) is 20.8. The summed E-state index contributed by atoms with van der Waals surface area (Å²) in [6, 6.07) is 0.102. The molecule has 1 rings (SSSR count). The van der Waals surface area contributed by atoms with Crippen LogP contribution in [0.5, 0.6) is 0 Å². The first-order valence-electron chi connectivity index (χ1n) is 6.97. The van der Waals surface area contributed by atoms with Crippen molar-refractivity contribution in [2.24, 2.45) is 10.9 Å². The summed E-state index contributed by atoms with van der Waals surface area (Å²) in [5, 5.41) is 2.94. The molecule has 6 heteroatoms. The van der Waals surface area contributed by atoms with Crippen molar-refractivity contribution in [3.63, 3.8) is 0 Å². The van der Waals surface area contributed by atoms with Gasteiger partial charge in [-0.1, -0.05) is 5.18 Å². The van der Waals surface area contributed by atoms with Gasteiger partial charge in [-0.05, 0) is 32.4 Å². The average Bonchev–Trinajstić information content (AvgIpc) is 2.37. The molecule has 1 aliphatic heterocycles. The molecule has 1 saturated heterocycles. The summed E-state index contributed by atoms with van der Waals surface area (Å²) in [5.41, 5.74) is 6.25. The molecule has 2 N–H and O–H groups in total. The number of nitrogens with zero attached hydrogens (tertiary/aromatic N) is 3. The van der Waals surface area contributed by atoms with Gasteiger partial charge in [0.25, 0.3) is 0 Å². The fourth-order valence-electron chi connectivity index (χ4n) is 2.18. The summed E-state index contributed by atoms with van der Waals surface area (Å²) in [7, 11) is 0. The third kappa shape index (κ3) is 5.52. The Morgan fingerprint density at radius 1 is 1.45 bits per heavy atom. The third-order valence-corrected chi connectivity index (χ3v) is 3.36. The Labute approximate surface area is 120 Å². The lowest BCUT2D eigenvalue weighted by molar-refractivity contribution is -0.129. The third-order valence-electron chi connectivity index (χ3n) is 3.36. The summed E-state index contributed by atoms with van der Waals surface area (Å²) in [5.74, 6) is 0.0975. The van der Waals surface area contributed by atoms with Gasteiger partial charge in [-0.15, -0.1) is 0 Å². The highest BCUT2D eigenvalue weighted by Gasteiger charge is 2.20. The molecule has 0 bridgehead atoms. The first-order valence-corrected chi connectivity index (χ1v) is 6.97. The monoisotopic (exact) mass is 280 g/mol. The molecule has 0 aromatic heterocycles. The lowest BCUT2D eigenvalue weighted by atomic mass is 10.2.